The molecule has 4 aliphatic carbocycles. The number of aliphatic carboxylic acids is 1. The summed E-state index contributed by atoms with van der Waals surface area (Å²) in [7, 11) is 0. The van der Waals surface area contributed by atoms with E-state index in [0.717, 1.165) is 32.1 Å². The first-order valence-corrected chi connectivity index (χ1v) is 6.36. The van der Waals surface area contributed by atoms with Gasteiger partial charge in [-0.05, 0) is 43.9 Å². The highest BCUT2D eigenvalue weighted by atomic mass is 16.6. The van der Waals surface area contributed by atoms with Gasteiger partial charge >= 0.3 is 11.9 Å². The largest absolute Gasteiger partial charge is 0.481 e. The number of carboxylic acids is 1. The van der Waals surface area contributed by atoms with Crippen LogP contribution in [0.4, 0.5) is 0 Å². The van der Waals surface area contributed by atoms with Gasteiger partial charge in [0.05, 0.1) is 5.41 Å². The Hall–Kier alpha value is -1.06. The lowest BCUT2D eigenvalue weighted by Gasteiger charge is -2.59. The average molecular weight is 238 g/mol. The first-order chi connectivity index (χ1) is 7.93. The fourth-order valence-electron chi connectivity index (χ4n) is 4.85. The maximum Gasteiger partial charge on any atom is 0.309 e. The van der Waals surface area contributed by atoms with Gasteiger partial charge in [0.1, 0.15) is 5.60 Å². The maximum atomic E-state index is 11.5. The number of carboxylic acid groups (broad SMARTS) is 1. The molecule has 0 unspecified atom stereocenters. The average Bonchev–Trinajstić information content (AvgIpc) is 2.12. The summed E-state index contributed by atoms with van der Waals surface area (Å²) in [5, 5.41) is 9.49. The summed E-state index contributed by atoms with van der Waals surface area (Å²) in [6.07, 6.45) is 4.96. The zero-order valence-corrected chi connectivity index (χ0v) is 10.1. The van der Waals surface area contributed by atoms with Crippen molar-refractivity contribution in [3.8, 4) is 0 Å². The minimum absolute atomic E-state index is 0.271. The van der Waals surface area contributed by atoms with Crippen LogP contribution in [0.25, 0.3) is 0 Å². The number of ether oxygens (including phenoxy) is 1. The Balaban J connectivity index is 1.94. The Morgan fingerprint density at radius 3 is 2.24 bits per heavy atom. The van der Waals surface area contributed by atoms with Crippen LogP contribution in [0, 0.1) is 17.3 Å². The van der Waals surface area contributed by atoms with Gasteiger partial charge in [0.2, 0.25) is 0 Å². The molecule has 0 aliphatic heterocycles. The van der Waals surface area contributed by atoms with Crippen LogP contribution in [0.15, 0.2) is 0 Å². The van der Waals surface area contributed by atoms with E-state index < -0.39 is 17.0 Å². The monoisotopic (exact) mass is 238 g/mol. The van der Waals surface area contributed by atoms with Gasteiger partial charge in [-0.3, -0.25) is 9.59 Å². The SMILES string of the molecule is CC(=O)OC12C[C@H]3C[C@H](C1)CC(C(=O)O)(C3)C2. The van der Waals surface area contributed by atoms with Crippen molar-refractivity contribution in [3.05, 3.63) is 0 Å². The summed E-state index contributed by atoms with van der Waals surface area (Å²) in [5.74, 6) is -0.0889. The molecule has 0 aromatic heterocycles. The van der Waals surface area contributed by atoms with E-state index in [1.165, 1.54) is 6.92 Å². The van der Waals surface area contributed by atoms with Crippen LogP contribution in [0.5, 0.6) is 0 Å². The summed E-state index contributed by atoms with van der Waals surface area (Å²) in [6.45, 7) is 1.42. The summed E-state index contributed by atoms with van der Waals surface area (Å²) >= 11 is 0. The van der Waals surface area contributed by atoms with Gasteiger partial charge in [0.15, 0.2) is 0 Å². The van der Waals surface area contributed by atoms with E-state index in [1.54, 1.807) is 0 Å². The van der Waals surface area contributed by atoms with Gasteiger partial charge in [-0.2, -0.15) is 0 Å². The lowest BCUT2D eigenvalue weighted by Crippen LogP contribution is -2.59. The van der Waals surface area contributed by atoms with E-state index >= 15 is 0 Å². The van der Waals surface area contributed by atoms with Gasteiger partial charge < -0.3 is 9.84 Å². The summed E-state index contributed by atoms with van der Waals surface area (Å²) in [6, 6.07) is 0. The summed E-state index contributed by atoms with van der Waals surface area (Å²) in [5.41, 5.74) is -1.08. The van der Waals surface area contributed by atoms with Crippen LogP contribution in [-0.4, -0.2) is 22.6 Å². The maximum absolute atomic E-state index is 11.5. The lowest BCUT2D eigenvalue weighted by molar-refractivity contribution is -0.208. The predicted molar refractivity (Wildman–Crippen MR) is 59.2 cm³/mol. The molecule has 0 amide bonds. The third-order valence-electron chi connectivity index (χ3n) is 4.82. The molecule has 4 fully saturated rings. The Labute approximate surface area is 100 Å². The van der Waals surface area contributed by atoms with Crippen LogP contribution >= 0.6 is 0 Å². The predicted octanol–water partition coefficient (Wildman–Crippen LogP) is 1.97. The van der Waals surface area contributed by atoms with Crippen molar-refractivity contribution >= 4 is 11.9 Å². The molecule has 0 aromatic rings. The highest BCUT2D eigenvalue weighted by Crippen LogP contribution is 2.62. The minimum Gasteiger partial charge on any atom is -0.481 e. The zero-order valence-electron chi connectivity index (χ0n) is 10.1. The molecule has 0 aromatic carbocycles. The molecule has 94 valence electrons. The summed E-state index contributed by atoms with van der Waals surface area (Å²) < 4.78 is 5.52. The number of carbonyl (C=O) groups is 2. The molecule has 0 radical (unpaired) electrons. The molecule has 0 heterocycles. The molecule has 0 spiro atoms. The third-order valence-corrected chi connectivity index (χ3v) is 4.82. The first kappa shape index (κ1) is 11.1. The van der Waals surface area contributed by atoms with Crippen molar-refractivity contribution in [3.63, 3.8) is 0 Å². The smallest absolute Gasteiger partial charge is 0.309 e. The molecule has 4 nitrogen and oxygen atoms in total. The third kappa shape index (κ3) is 1.57. The quantitative estimate of drug-likeness (QED) is 0.747. The zero-order chi connectivity index (χ0) is 12.3. The van der Waals surface area contributed by atoms with Crippen molar-refractivity contribution in [1.29, 1.82) is 0 Å². The van der Waals surface area contributed by atoms with Crippen molar-refractivity contribution in [2.75, 3.05) is 0 Å². The lowest BCUT2D eigenvalue weighted by atomic mass is 9.48. The van der Waals surface area contributed by atoms with Gasteiger partial charge in [-0.25, -0.2) is 0 Å². The molecule has 0 saturated heterocycles. The van der Waals surface area contributed by atoms with E-state index in [0.29, 0.717) is 18.3 Å². The molecule has 4 saturated carbocycles. The standard InChI is InChI=1S/C13H18O4/c1-8(14)17-13-5-9-2-10(6-13)4-12(3-9,7-13)11(15)16/h9-10H,2-7H2,1H3,(H,15,16)/t9-,10-,12?,13?/m0/s1. The highest BCUT2D eigenvalue weighted by molar-refractivity contribution is 5.76. The van der Waals surface area contributed by atoms with E-state index in [9.17, 15) is 14.7 Å². The Bertz CT molecular complexity index is 373. The summed E-state index contributed by atoms with van der Waals surface area (Å²) in [4.78, 5) is 22.8. The van der Waals surface area contributed by atoms with Crippen LogP contribution in [0.3, 0.4) is 0 Å². The van der Waals surface area contributed by atoms with Crippen molar-refractivity contribution in [2.24, 2.45) is 17.3 Å². The molecule has 17 heavy (non-hydrogen) atoms. The van der Waals surface area contributed by atoms with E-state index in [-0.39, 0.29) is 5.97 Å². The minimum atomic E-state index is -0.692. The topological polar surface area (TPSA) is 63.6 Å². The fraction of sp³-hybridized carbons (Fsp3) is 0.846. The van der Waals surface area contributed by atoms with Gasteiger partial charge in [-0.1, -0.05) is 0 Å². The van der Waals surface area contributed by atoms with E-state index in [1.807, 2.05) is 0 Å². The first-order valence-electron chi connectivity index (χ1n) is 6.36. The number of hydrogen-bond acceptors (Lipinski definition) is 3. The van der Waals surface area contributed by atoms with Gasteiger partial charge in [-0.15, -0.1) is 0 Å². The number of hydrogen-bond donors (Lipinski definition) is 1. The van der Waals surface area contributed by atoms with E-state index in [2.05, 4.69) is 0 Å². The van der Waals surface area contributed by atoms with Crippen molar-refractivity contribution in [1.82, 2.24) is 0 Å². The van der Waals surface area contributed by atoms with Crippen molar-refractivity contribution < 1.29 is 19.4 Å². The number of carbonyl (C=O) groups excluding carboxylic acids is 1. The highest BCUT2D eigenvalue weighted by Gasteiger charge is 2.62. The van der Waals surface area contributed by atoms with E-state index in [4.69, 9.17) is 4.74 Å². The molecule has 4 heteroatoms. The second kappa shape index (κ2) is 3.24. The molecule has 2 atom stereocenters. The van der Waals surface area contributed by atoms with Crippen molar-refractivity contribution in [2.45, 2.75) is 51.0 Å². The fourth-order valence-corrected chi connectivity index (χ4v) is 4.85. The molecular formula is C13H18O4. The normalized spacial score (nSPS) is 46.9. The molecule has 1 N–H and O–H groups in total. The molecule has 4 bridgehead atoms. The Kier molecular flexibility index (Phi) is 2.11. The second-order valence-electron chi connectivity index (χ2n) is 6.32. The Morgan fingerprint density at radius 2 is 1.76 bits per heavy atom. The van der Waals surface area contributed by atoms with Gasteiger partial charge in [0.25, 0.3) is 0 Å². The van der Waals surface area contributed by atoms with Crippen LogP contribution < -0.4 is 0 Å². The molecule has 4 aliphatic rings. The van der Waals surface area contributed by atoms with Crippen LogP contribution in [0.1, 0.15) is 45.4 Å². The number of esters is 1. The molecular weight excluding hydrogens is 220 g/mol. The van der Waals surface area contributed by atoms with Gasteiger partial charge in [0, 0.05) is 13.3 Å². The van der Waals surface area contributed by atoms with Crippen LogP contribution in [0.2, 0.25) is 0 Å². The molecule has 4 rings (SSSR count). The van der Waals surface area contributed by atoms with Crippen LogP contribution in [-0.2, 0) is 14.3 Å². The number of rotatable bonds is 2. The second-order valence-corrected chi connectivity index (χ2v) is 6.32. The Morgan fingerprint density at radius 1 is 1.18 bits per heavy atom.